The van der Waals surface area contributed by atoms with E-state index in [1.165, 1.54) is 0 Å². The quantitative estimate of drug-likeness (QED) is 0.691. The molecule has 0 fully saturated rings. The van der Waals surface area contributed by atoms with E-state index in [0.29, 0.717) is 12.6 Å². The average molecular weight is 161 g/mol. The summed E-state index contributed by atoms with van der Waals surface area (Å²) < 4.78 is 7.74. The lowest BCUT2D eigenvalue weighted by Crippen LogP contribution is -2.01. The van der Waals surface area contributed by atoms with E-state index in [-0.39, 0.29) is 0 Å². The van der Waals surface area contributed by atoms with Gasteiger partial charge in [-0.3, -0.25) is 0 Å². The fourth-order valence-corrected chi connectivity index (χ4v) is 1.41. The molecule has 0 saturated carbocycles. The highest BCUT2D eigenvalue weighted by molar-refractivity contribution is 5.82. The van der Waals surface area contributed by atoms with Gasteiger partial charge in [0.1, 0.15) is 0 Å². The summed E-state index contributed by atoms with van der Waals surface area (Å²) in [4.78, 5) is 3.14. The molecule has 0 aliphatic rings. The van der Waals surface area contributed by atoms with Crippen molar-refractivity contribution in [3.63, 3.8) is 0 Å². The first kappa shape index (κ1) is 6.26. The van der Waals surface area contributed by atoms with Crippen LogP contribution in [0.5, 0.6) is 0 Å². The molecule has 0 aliphatic carbocycles. The second kappa shape index (κ2) is 2.99. The Morgan fingerprint density at radius 3 is 3.25 bits per heavy atom. The van der Waals surface area contributed by atoms with Crippen LogP contribution >= 0.6 is 0 Å². The van der Waals surface area contributed by atoms with Gasteiger partial charge >= 0.3 is 0 Å². The summed E-state index contributed by atoms with van der Waals surface area (Å²) in [5.41, 5.74) is 7.65. The lowest BCUT2D eigenvalue weighted by molar-refractivity contribution is 0.976. The van der Waals surface area contributed by atoms with Gasteiger partial charge in [0.2, 0.25) is 0 Å². The highest BCUT2D eigenvalue weighted by atomic mass is 14.7. The number of nitrogens with two attached hydrogens (primary N) is 1. The maximum atomic E-state index is 7.74. The van der Waals surface area contributed by atoms with Gasteiger partial charge in [0, 0.05) is 17.1 Å². The van der Waals surface area contributed by atoms with E-state index < -0.39 is 0 Å². The van der Waals surface area contributed by atoms with Gasteiger partial charge in [-0.25, -0.2) is 0 Å². The topological polar surface area (TPSA) is 41.8 Å². The summed E-state index contributed by atoms with van der Waals surface area (Å²) in [6.45, 7) is 0.626. The minimum atomic E-state index is 0.571. The van der Waals surface area contributed by atoms with E-state index in [4.69, 9.17) is 7.10 Å². The van der Waals surface area contributed by atoms with Gasteiger partial charge < -0.3 is 10.7 Å². The number of hydrogen-bond donors (Lipinski definition) is 2. The number of H-pyrrole nitrogens is 1. The van der Waals surface area contributed by atoms with Crippen LogP contribution < -0.4 is 5.73 Å². The Hall–Kier alpha value is -1.28. The number of nitrogens with one attached hydrogen (secondary N) is 1. The Balaban J connectivity index is 2.64. The van der Waals surface area contributed by atoms with Crippen LogP contribution in [0, 0.1) is 0 Å². The number of aromatic nitrogens is 1. The molecule has 0 aliphatic heterocycles. The van der Waals surface area contributed by atoms with Crippen LogP contribution in [-0.4, -0.2) is 11.5 Å². The molecule has 2 heteroatoms. The molecular formula is C10H12N2. The van der Waals surface area contributed by atoms with Gasteiger partial charge in [0.15, 0.2) is 0 Å². The van der Waals surface area contributed by atoms with Crippen molar-refractivity contribution in [2.75, 3.05) is 6.54 Å². The van der Waals surface area contributed by atoms with Crippen LogP contribution in [0.25, 0.3) is 10.9 Å². The minimum Gasteiger partial charge on any atom is -0.361 e. The summed E-state index contributed by atoms with van der Waals surface area (Å²) >= 11 is 0. The van der Waals surface area contributed by atoms with Crippen molar-refractivity contribution in [1.29, 1.82) is 0 Å². The fourth-order valence-electron chi connectivity index (χ4n) is 1.41. The van der Waals surface area contributed by atoms with E-state index in [2.05, 4.69) is 4.98 Å². The first-order chi connectivity index (χ1) is 6.33. The van der Waals surface area contributed by atoms with Crippen molar-refractivity contribution < 1.29 is 1.37 Å². The number of aromatic amines is 1. The average Bonchev–Trinajstić information content (AvgIpc) is 2.51. The molecular weight excluding hydrogens is 148 g/mol. The molecule has 0 amide bonds. The largest absolute Gasteiger partial charge is 0.361 e. The van der Waals surface area contributed by atoms with Crippen LogP contribution in [0.2, 0.25) is 0 Å². The standard InChI is InChI=1S/C10H12N2/c11-6-5-8-7-12-10-4-2-1-3-9(8)10/h1-4,7,12H,5-6,11H2/i3D. The maximum Gasteiger partial charge on any atom is 0.0630 e. The summed E-state index contributed by atoms with van der Waals surface area (Å²) in [5.74, 6) is 0. The molecule has 2 aromatic rings. The van der Waals surface area contributed by atoms with Crippen molar-refractivity contribution in [2.45, 2.75) is 6.42 Å². The summed E-state index contributed by atoms with van der Waals surface area (Å²) in [5, 5.41) is 1.01. The molecule has 1 aromatic carbocycles. The molecule has 12 heavy (non-hydrogen) atoms. The lowest BCUT2D eigenvalue weighted by atomic mass is 10.1. The molecule has 2 rings (SSSR count). The lowest BCUT2D eigenvalue weighted by Gasteiger charge is -1.93. The van der Waals surface area contributed by atoms with Crippen molar-refractivity contribution in [1.82, 2.24) is 4.98 Å². The summed E-state index contributed by atoms with van der Waals surface area (Å²) in [6.07, 6.45) is 2.77. The normalized spacial score (nSPS) is 11.9. The van der Waals surface area contributed by atoms with E-state index in [0.717, 1.165) is 22.9 Å². The molecule has 0 atom stereocenters. The van der Waals surface area contributed by atoms with Crippen molar-refractivity contribution in [3.8, 4) is 0 Å². The van der Waals surface area contributed by atoms with Crippen LogP contribution in [0.1, 0.15) is 6.93 Å². The fraction of sp³-hybridized carbons (Fsp3) is 0.200. The summed E-state index contributed by atoms with van der Waals surface area (Å²) in [6, 6.07) is 6.24. The first-order valence-electron chi connectivity index (χ1n) is 4.58. The molecule has 0 radical (unpaired) electrons. The monoisotopic (exact) mass is 161 g/mol. The third-order valence-corrected chi connectivity index (χ3v) is 1.99. The minimum absolute atomic E-state index is 0.571. The maximum absolute atomic E-state index is 7.74. The van der Waals surface area contributed by atoms with Gasteiger partial charge in [-0.05, 0) is 24.6 Å². The third kappa shape index (κ3) is 1.10. The van der Waals surface area contributed by atoms with Gasteiger partial charge in [-0.1, -0.05) is 18.2 Å². The van der Waals surface area contributed by atoms with E-state index in [9.17, 15) is 0 Å². The van der Waals surface area contributed by atoms with E-state index in [1.807, 2.05) is 18.3 Å². The van der Waals surface area contributed by atoms with Gasteiger partial charge in [0.25, 0.3) is 0 Å². The molecule has 1 aromatic heterocycles. The van der Waals surface area contributed by atoms with Crippen LogP contribution in [0.3, 0.4) is 0 Å². The van der Waals surface area contributed by atoms with E-state index in [1.54, 1.807) is 6.07 Å². The molecule has 0 saturated heterocycles. The number of para-hydroxylation sites is 1. The van der Waals surface area contributed by atoms with Crippen molar-refractivity contribution in [2.24, 2.45) is 5.73 Å². The van der Waals surface area contributed by atoms with Crippen molar-refractivity contribution in [3.05, 3.63) is 36.0 Å². The molecule has 3 N–H and O–H groups in total. The third-order valence-electron chi connectivity index (χ3n) is 1.99. The Kier molecular flexibility index (Phi) is 1.56. The number of benzene rings is 1. The predicted octanol–water partition coefficient (Wildman–Crippen LogP) is 1.67. The predicted molar refractivity (Wildman–Crippen MR) is 51.1 cm³/mol. The van der Waals surface area contributed by atoms with Gasteiger partial charge in [-0.2, -0.15) is 0 Å². The number of hydrogen-bond acceptors (Lipinski definition) is 1. The molecule has 0 spiro atoms. The van der Waals surface area contributed by atoms with Crippen LogP contribution in [0.4, 0.5) is 0 Å². The molecule has 62 valence electrons. The molecule has 0 bridgehead atoms. The SMILES string of the molecule is [2H]c1cccc2[nH]cc(CCN)c12. The zero-order chi connectivity index (χ0) is 9.26. The number of rotatable bonds is 2. The zero-order valence-corrected chi connectivity index (χ0v) is 6.80. The Bertz CT molecular complexity index is 420. The van der Waals surface area contributed by atoms with Gasteiger partial charge in [0.05, 0.1) is 1.37 Å². The Morgan fingerprint density at radius 2 is 2.42 bits per heavy atom. The van der Waals surface area contributed by atoms with Crippen molar-refractivity contribution >= 4 is 10.9 Å². The first-order valence-corrected chi connectivity index (χ1v) is 4.08. The Morgan fingerprint density at radius 1 is 1.50 bits per heavy atom. The number of fused-ring (bicyclic) bond motifs is 1. The molecule has 2 nitrogen and oxygen atoms in total. The van der Waals surface area contributed by atoms with E-state index >= 15 is 0 Å². The molecule has 0 unspecified atom stereocenters. The zero-order valence-electron chi connectivity index (χ0n) is 7.80. The van der Waals surface area contributed by atoms with Crippen LogP contribution in [0.15, 0.2) is 30.4 Å². The highest BCUT2D eigenvalue weighted by Crippen LogP contribution is 2.17. The summed E-state index contributed by atoms with van der Waals surface area (Å²) in [7, 11) is 0. The highest BCUT2D eigenvalue weighted by Gasteiger charge is 1.99. The second-order valence-electron chi connectivity index (χ2n) is 2.81. The molecule has 1 heterocycles. The smallest absolute Gasteiger partial charge is 0.0630 e. The van der Waals surface area contributed by atoms with Crippen LogP contribution in [-0.2, 0) is 6.42 Å². The van der Waals surface area contributed by atoms with Gasteiger partial charge in [-0.15, -0.1) is 0 Å². The Labute approximate surface area is 72.8 Å². The second-order valence-corrected chi connectivity index (χ2v) is 2.81.